The Kier molecular flexibility index (Phi) is 8.58. The second-order valence-electron chi connectivity index (χ2n) is 13.1. The van der Waals surface area contributed by atoms with Gasteiger partial charge in [-0.05, 0) is 79.5 Å². The number of hydrogen-bond donors (Lipinski definition) is 1. The van der Waals surface area contributed by atoms with Gasteiger partial charge in [-0.2, -0.15) is 0 Å². The number of likely N-dealkylation sites (tertiary alicyclic amines) is 2. The first-order valence-electron chi connectivity index (χ1n) is 16.4. The number of carbonyl (C=O) groups is 2. The van der Waals surface area contributed by atoms with Crippen molar-refractivity contribution in [2.75, 3.05) is 19.7 Å². The number of rotatable bonds is 9. The van der Waals surface area contributed by atoms with E-state index < -0.39 is 0 Å². The molecule has 3 aromatic rings. The van der Waals surface area contributed by atoms with Crippen LogP contribution in [0.15, 0.2) is 88.4 Å². The van der Waals surface area contributed by atoms with Crippen LogP contribution < -0.4 is 0 Å². The number of nitrogens with zero attached hydrogens (tertiary/aromatic N) is 2. The Bertz CT molecular complexity index is 1580. The molecular weight excluding hydrogens is 564 g/mol. The van der Waals surface area contributed by atoms with Crippen molar-refractivity contribution in [1.82, 2.24) is 9.80 Å². The molecule has 1 aliphatic carbocycles. The largest absolute Gasteiger partial charge is 0.459 e. The van der Waals surface area contributed by atoms with Gasteiger partial charge in [0, 0.05) is 31.6 Å². The lowest BCUT2D eigenvalue weighted by Gasteiger charge is -2.36. The lowest BCUT2D eigenvalue weighted by molar-refractivity contribution is -0.144. The number of furan rings is 1. The molecule has 7 nitrogen and oxygen atoms in total. The number of carbonyl (C=O) groups excluding carboxylic acids is 2. The maximum atomic E-state index is 14.0. The van der Waals surface area contributed by atoms with Gasteiger partial charge in [-0.15, -0.1) is 0 Å². The summed E-state index contributed by atoms with van der Waals surface area (Å²) in [7, 11) is 0. The van der Waals surface area contributed by atoms with Crippen molar-refractivity contribution < 1.29 is 23.8 Å². The summed E-state index contributed by atoms with van der Waals surface area (Å²) < 4.78 is 12.2. The van der Waals surface area contributed by atoms with Gasteiger partial charge in [0.15, 0.2) is 0 Å². The topological polar surface area (TPSA) is 83.2 Å². The number of aliphatic hydroxyl groups excluding tert-OH is 1. The minimum Gasteiger partial charge on any atom is -0.459 e. The molecule has 2 aromatic carbocycles. The van der Waals surface area contributed by atoms with Crippen LogP contribution in [0.3, 0.4) is 0 Å². The summed E-state index contributed by atoms with van der Waals surface area (Å²) in [5.74, 6) is 0.685. The molecule has 0 unspecified atom stereocenters. The van der Waals surface area contributed by atoms with E-state index in [1.54, 1.807) is 11.0 Å². The van der Waals surface area contributed by atoms with Crippen LogP contribution in [0.4, 0.5) is 0 Å². The van der Waals surface area contributed by atoms with Crippen LogP contribution in [-0.2, 0) is 27.5 Å². The molecule has 4 aliphatic rings. The molecule has 4 atom stereocenters. The van der Waals surface area contributed by atoms with E-state index in [0.29, 0.717) is 24.5 Å². The van der Waals surface area contributed by atoms with Crippen molar-refractivity contribution in [1.29, 1.82) is 0 Å². The minimum absolute atomic E-state index is 0.0176. The van der Waals surface area contributed by atoms with Gasteiger partial charge in [-0.1, -0.05) is 66.2 Å². The number of aliphatic hydroxyl groups is 1. The van der Waals surface area contributed by atoms with Gasteiger partial charge in [-0.25, -0.2) is 0 Å². The Morgan fingerprint density at radius 2 is 1.67 bits per heavy atom. The standard InChI is InChI=1S/C38H42N2O5/c1-25-20-32-36(38(43)40(37(32)42)29-16-18-39(19-17-29)22-26-8-4-2-5-9-26)33-24-44-34(35(25)33)15-12-28(27-10-6-3-7-11-27)21-30-13-14-31(23-41)45-30/h2-11,13-14,21,29,32-34,36,41H,12,15-20,22-24H2,1H3/b28-21-/t32-,33+,34-,36-/m1/s1. The van der Waals surface area contributed by atoms with E-state index in [9.17, 15) is 14.7 Å². The molecule has 1 N–H and O–H groups in total. The molecule has 45 heavy (non-hydrogen) atoms. The maximum absolute atomic E-state index is 14.0. The second-order valence-corrected chi connectivity index (χ2v) is 13.1. The molecule has 4 heterocycles. The molecule has 0 bridgehead atoms. The third kappa shape index (κ3) is 5.97. The number of imide groups is 1. The highest BCUT2D eigenvalue weighted by molar-refractivity contribution is 6.06. The number of benzene rings is 2. The first kappa shape index (κ1) is 29.9. The lowest BCUT2D eigenvalue weighted by atomic mass is 9.70. The normalized spacial score (nSPS) is 26.1. The fourth-order valence-electron chi connectivity index (χ4n) is 8.16. The van der Waals surface area contributed by atoms with Crippen LogP contribution in [0.1, 0.15) is 61.7 Å². The molecule has 7 rings (SSSR count). The van der Waals surface area contributed by atoms with Crippen molar-refractivity contribution in [2.45, 2.75) is 64.3 Å². The molecule has 3 aliphatic heterocycles. The van der Waals surface area contributed by atoms with Gasteiger partial charge in [-0.3, -0.25) is 19.4 Å². The maximum Gasteiger partial charge on any atom is 0.234 e. The van der Waals surface area contributed by atoms with Gasteiger partial charge in [0.1, 0.15) is 18.1 Å². The predicted octanol–water partition coefficient (Wildman–Crippen LogP) is 6.09. The average Bonchev–Trinajstić information content (AvgIpc) is 3.77. The van der Waals surface area contributed by atoms with Crippen LogP contribution in [-0.4, -0.2) is 58.6 Å². The highest BCUT2D eigenvalue weighted by Crippen LogP contribution is 2.50. The smallest absolute Gasteiger partial charge is 0.234 e. The van der Waals surface area contributed by atoms with Crippen molar-refractivity contribution >= 4 is 23.5 Å². The summed E-state index contributed by atoms with van der Waals surface area (Å²) in [5.41, 5.74) is 6.00. The molecule has 234 valence electrons. The summed E-state index contributed by atoms with van der Waals surface area (Å²) >= 11 is 0. The Labute approximate surface area is 265 Å². The van der Waals surface area contributed by atoms with Crippen LogP contribution >= 0.6 is 0 Å². The number of ether oxygens (including phenoxy) is 1. The fraction of sp³-hybridized carbons (Fsp3) is 0.421. The van der Waals surface area contributed by atoms with E-state index in [0.717, 1.165) is 56.5 Å². The SMILES string of the molecule is CC1=C2[C@@H](CC/C(=C/c3ccc(CO)o3)c3ccccc3)OC[C@@H]2[C@@H]2C(=O)N(C3CCN(Cc4ccccc4)CC3)C(=O)[C@@H]2C1. The molecule has 0 radical (unpaired) electrons. The monoisotopic (exact) mass is 606 g/mol. The van der Waals surface area contributed by atoms with Crippen LogP contribution in [0.2, 0.25) is 0 Å². The van der Waals surface area contributed by atoms with Gasteiger partial charge < -0.3 is 14.3 Å². The van der Waals surface area contributed by atoms with E-state index >= 15 is 0 Å². The van der Waals surface area contributed by atoms with Crippen LogP contribution in [0.25, 0.3) is 11.6 Å². The highest BCUT2D eigenvalue weighted by Gasteiger charge is 2.57. The first-order chi connectivity index (χ1) is 22.0. The molecule has 2 amide bonds. The molecule has 1 aromatic heterocycles. The van der Waals surface area contributed by atoms with E-state index in [2.05, 4.69) is 48.2 Å². The Morgan fingerprint density at radius 3 is 2.38 bits per heavy atom. The highest BCUT2D eigenvalue weighted by atomic mass is 16.5. The number of fused-ring (bicyclic) bond motifs is 3. The average molecular weight is 607 g/mol. The number of piperidine rings is 1. The summed E-state index contributed by atoms with van der Waals surface area (Å²) in [4.78, 5) is 31.9. The predicted molar refractivity (Wildman–Crippen MR) is 172 cm³/mol. The molecule has 3 saturated heterocycles. The lowest BCUT2D eigenvalue weighted by Crippen LogP contribution is -2.47. The number of amides is 2. The minimum atomic E-state index is -0.312. The zero-order valence-corrected chi connectivity index (χ0v) is 25.9. The first-order valence-corrected chi connectivity index (χ1v) is 16.4. The van der Waals surface area contributed by atoms with E-state index in [1.807, 2.05) is 36.4 Å². The van der Waals surface area contributed by atoms with Gasteiger partial charge in [0.05, 0.1) is 24.5 Å². The fourth-order valence-corrected chi connectivity index (χ4v) is 8.16. The Morgan fingerprint density at radius 1 is 0.933 bits per heavy atom. The van der Waals surface area contributed by atoms with E-state index in [-0.39, 0.29) is 48.3 Å². The molecule has 3 fully saturated rings. The summed E-state index contributed by atoms with van der Waals surface area (Å²) in [6, 6.07) is 24.4. The summed E-state index contributed by atoms with van der Waals surface area (Å²) in [6.07, 6.45) is 5.81. The molecule has 0 spiro atoms. The third-order valence-corrected chi connectivity index (χ3v) is 10.3. The Balaban J connectivity index is 1.03. The van der Waals surface area contributed by atoms with Crippen molar-refractivity contribution in [3.8, 4) is 0 Å². The van der Waals surface area contributed by atoms with Crippen molar-refractivity contribution in [3.63, 3.8) is 0 Å². The second kappa shape index (κ2) is 12.9. The molecular formula is C38H42N2O5. The third-order valence-electron chi connectivity index (χ3n) is 10.3. The van der Waals surface area contributed by atoms with Crippen molar-refractivity contribution in [2.24, 2.45) is 17.8 Å². The summed E-state index contributed by atoms with van der Waals surface area (Å²) in [5, 5.41) is 9.45. The molecule has 0 saturated carbocycles. The quantitative estimate of drug-likeness (QED) is 0.234. The zero-order valence-electron chi connectivity index (χ0n) is 25.9. The Hall–Kier alpha value is -3.78. The van der Waals surface area contributed by atoms with Gasteiger partial charge in [0.25, 0.3) is 0 Å². The van der Waals surface area contributed by atoms with Crippen LogP contribution in [0.5, 0.6) is 0 Å². The van der Waals surface area contributed by atoms with Crippen molar-refractivity contribution in [3.05, 3.63) is 107 Å². The van der Waals surface area contributed by atoms with Crippen LogP contribution in [0, 0.1) is 17.8 Å². The number of allylic oxidation sites excluding steroid dienone is 2. The van der Waals surface area contributed by atoms with E-state index in [4.69, 9.17) is 9.15 Å². The van der Waals surface area contributed by atoms with Gasteiger partial charge >= 0.3 is 0 Å². The zero-order chi connectivity index (χ0) is 30.9. The van der Waals surface area contributed by atoms with Gasteiger partial charge in [0.2, 0.25) is 11.8 Å². The molecule has 7 heteroatoms. The van der Waals surface area contributed by atoms with E-state index in [1.165, 1.54) is 16.7 Å². The number of hydrogen-bond acceptors (Lipinski definition) is 6. The summed E-state index contributed by atoms with van der Waals surface area (Å²) in [6.45, 7) is 5.17.